The molecule has 2 aromatic rings. The van der Waals surface area contributed by atoms with E-state index in [-0.39, 0.29) is 29.9 Å². The number of nitrogens with one attached hydrogen (secondary N) is 2. The Hall–Kier alpha value is -2.95. The zero-order valence-corrected chi connectivity index (χ0v) is 23.1. The molecule has 1 aliphatic carbocycles. The molecule has 0 unspecified atom stereocenters. The molecule has 9 nitrogen and oxygen atoms in total. The van der Waals surface area contributed by atoms with E-state index in [0.29, 0.717) is 47.2 Å². The fraction of sp³-hybridized carbons (Fsp3) is 0.500. The number of carbonyl (C=O) groups is 2. The molecule has 0 spiro atoms. The molecule has 206 valence electrons. The predicted molar refractivity (Wildman–Crippen MR) is 145 cm³/mol. The van der Waals surface area contributed by atoms with Gasteiger partial charge in [0.25, 0.3) is 5.91 Å². The number of rotatable bonds is 11. The Kier molecular flexibility index (Phi) is 8.74. The summed E-state index contributed by atoms with van der Waals surface area (Å²) < 4.78 is 35.7. The lowest BCUT2D eigenvalue weighted by Gasteiger charge is -2.35. The first-order valence-electron chi connectivity index (χ1n) is 13.0. The van der Waals surface area contributed by atoms with Crippen LogP contribution in [0.5, 0.6) is 5.75 Å². The minimum absolute atomic E-state index is 0.0865. The summed E-state index contributed by atoms with van der Waals surface area (Å²) in [4.78, 5) is 28.3. The fourth-order valence-corrected chi connectivity index (χ4v) is 6.28. The molecule has 2 aliphatic rings. The van der Waals surface area contributed by atoms with E-state index in [2.05, 4.69) is 15.5 Å². The number of morpholine rings is 1. The maximum absolute atomic E-state index is 13.1. The number of methoxy groups -OCH3 is 1. The SMILES string of the molecule is COc1cc(NC(=O)Cc2ccc(S(=O)(=O)CC3CC3)cc2)ccc1C(=O)NC(C)(C)CN1CCOCC1. The topological polar surface area (TPSA) is 114 Å². The molecular weight excluding hydrogens is 506 g/mol. The molecule has 0 radical (unpaired) electrons. The third-order valence-corrected chi connectivity index (χ3v) is 8.60. The van der Waals surface area contributed by atoms with Crippen molar-refractivity contribution in [3.05, 3.63) is 53.6 Å². The fourth-order valence-electron chi connectivity index (χ4n) is 4.59. The van der Waals surface area contributed by atoms with Crippen LogP contribution in [-0.2, 0) is 25.8 Å². The highest BCUT2D eigenvalue weighted by Crippen LogP contribution is 2.32. The normalized spacial score (nSPS) is 16.6. The van der Waals surface area contributed by atoms with Gasteiger partial charge in [0.1, 0.15) is 5.75 Å². The highest BCUT2D eigenvalue weighted by atomic mass is 32.2. The van der Waals surface area contributed by atoms with Gasteiger partial charge in [-0.25, -0.2) is 8.42 Å². The van der Waals surface area contributed by atoms with Gasteiger partial charge in [0.2, 0.25) is 5.91 Å². The molecule has 1 aliphatic heterocycles. The quantitative estimate of drug-likeness (QED) is 0.448. The van der Waals surface area contributed by atoms with Crippen LogP contribution < -0.4 is 15.4 Å². The summed E-state index contributed by atoms with van der Waals surface area (Å²) in [5.41, 5.74) is 1.13. The van der Waals surface area contributed by atoms with Crippen molar-refractivity contribution in [2.75, 3.05) is 51.0 Å². The molecule has 0 atom stereocenters. The van der Waals surface area contributed by atoms with Gasteiger partial charge < -0.3 is 20.1 Å². The minimum Gasteiger partial charge on any atom is -0.496 e. The van der Waals surface area contributed by atoms with Crippen molar-refractivity contribution in [2.45, 2.75) is 43.5 Å². The summed E-state index contributed by atoms with van der Waals surface area (Å²) in [7, 11) is -1.80. The second-order valence-electron chi connectivity index (χ2n) is 10.7. The van der Waals surface area contributed by atoms with Crippen LogP contribution in [0.2, 0.25) is 0 Å². The largest absolute Gasteiger partial charge is 0.496 e. The van der Waals surface area contributed by atoms with Crippen molar-refractivity contribution >= 4 is 27.3 Å². The number of amides is 2. The van der Waals surface area contributed by atoms with Crippen molar-refractivity contribution in [1.29, 1.82) is 0 Å². The standard InChI is InChI=1S/C28H37N3O6S/c1-28(2,19-31-12-14-37-15-13-31)30-27(33)24-11-8-22(17-25(24)36-3)29-26(32)16-20-6-9-23(10-7-20)38(34,35)18-21-4-5-21/h6-11,17,21H,4-5,12-16,18-19H2,1-3H3,(H,29,32)(H,30,33). The number of hydrogen-bond donors (Lipinski definition) is 2. The predicted octanol–water partition coefficient (Wildman–Crippen LogP) is 2.90. The molecule has 4 rings (SSSR count). The number of ether oxygens (including phenoxy) is 2. The first kappa shape index (κ1) is 28.1. The highest BCUT2D eigenvalue weighted by molar-refractivity contribution is 7.91. The van der Waals surface area contributed by atoms with Crippen LogP contribution in [0.15, 0.2) is 47.4 Å². The van der Waals surface area contributed by atoms with Crippen molar-refractivity contribution in [3.63, 3.8) is 0 Å². The maximum Gasteiger partial charge on any atom is 0.255 e. The maximum atomic E-state index is 13.1. The first-order chi connectivity index (χ1) is 18.0. The molecule has 1 saturated carbocycles. The van der Waals surface area contributed by atoms with Crippen LogP contribution in [0, 0.1) is 5.92 Å². The van der Waals surface area contributed by atoms with Gasteiger partial charge in [-0.1, -0.05) is 12.1 Å². The number of hydrogen-bond acceptors (Lipinski definition) is 7. The van der Waals surface area contributed by atoms with E-state index in [1.54, 1.807) is 42.5 Å². The van der Waals surface area contributed by atoms with Gasteiger partial charge in [-0.3, -0.25) is 14.5 Å². The highest BCUT2D eigenvalue weighted by Gasteiger charge is 2.29. The van der Waals surface area contributed by atoms with E-state index in [4.69, 9.17) is 9.47 Å². The van der Waals surface area contributed by atoms with Crippen LogP contribution in [0.25, 0.3) is 0 Å². The van der Waals surface area contributed by atoms with E-state index in [1.807, 2.05) is 13.8 Å². The summed E-state index contributed by atoms with van der Waals surface area (Å²) in [5, 5.41) is 5.91. The summed E-state index contributed by atoms with van der Waals surface area (Å²) in [5.74, 6) is 0.307. The van der Waals surface area contributed by atoms with E-state index < -0.39 is 15.4 Å². The number of benzene rings is 2. The smallest absolute Gasteiger partial charge is 0.255 e. The van der Waals surface area contributed by atoms with Crippen molar-refractivity contribution in [2.24, 2.45) is 5.92 Å². The Bertz CT molecular complexity index is 1250. The molecule has 38 heavy (non-hydrogen) atoms. The van der Waals surface area contributed by atoms with E-state index >= 15 is 0 Å². The van der Waals surface area contributed by atoms with Gasteiger partial charge in [-0.05, 0) is 62.4 Å². The van der Waals surface area contributed by atoms with Gasteiger partial charge >= 0.3 is 0 Å². The van der Waals surface area contributed by atoms with Gasteiger partial charge in [0.05, 0.1) is 43.0 Å². The van der Waals surface area contributed by atoms with Crippen LogP contribution >= 0.6 is 0 Å². The summed E-state index contributed by atoms with van der Waals surface area (Å²) in [6.07, 6.45) is 2.03. The molecule has 0 bridgehead atoms. The Morgan fingerprint density at radius 2 is 1.76 bits per heavy atom. The van der Waals surface area contributed by atoms with Crippen molar-refractivity contribution in [1.82, 2.24) is 10.2 Å². The number of carbonyl (C=O) groups excluding carboxylic acids is 2. The van der Waals surface area contributed by atoms with Crippen LogP contribution in [-0.4, -0.2) is 76.4 Å². The molecule has 2 amide bonds. The molecule has 1 saturated heterocycles. The van der Waals surface area contributed by atoms with Gasteiger partial charge in [-0.2, -0.15) is 0 Å². The molecule has 2 N–H and O–H groups in total. The average Bonchev–Trinajstić information content (AvgIpc) is 3.67. The summed E-state index contributed by atoms with van der Waals surface area (Å²) >= 11 is 0. The number of anilines is 1. The zero-order chi connectivity index (χ0) is 27.3. The minimum atomic E-state index is -3.28. The lowest BCUT2D eigenvalue weighted by molar-refractivity contribution is -0.115. The number of sulfone groups is 1. The van der Waals surface area contributed by atoms with Crippen LogP contribution in [0.1, 0.15) is 42.6 Å². The third-order valence-electron chi connectivity index (χ3n) is 6.70. The Morgan fingerprint density at radius 3 is 2.39 bits per heavy atom. The van der Waals surface area contributed by atoms with Gasteiger partial charge in [-0.15, -0.1) is 0 Å². The lowest BCUT2D eigenvalue weighted by Crippen LogP contribution is -2.53. The van der Waals surface area contributed by atoms with E-state index in [1.165, 1.54) is 7.11 Å². The summed E-state index contributed by atoms with van der Waals surface area (Å²) in [6, 6.07) is 11.4. The third kappa shape index (κ3) is 7.78. The molecule has 1 heterocycles. The first-order valence-corrected chi connectivity index (χ1v) is 14.6. The molecule has 2 aromatic carbocycles. The van der Waals surface area contributed by atoms with Crippen molar-refractivity contribution in [3.8, 4) is 5.75 Å². The van der Waals surface area contributed by atoms with Crippen molar-refractivity contribution < 1.29 is 27.5 Å². The molecule has 2 fully saturated rings. The summed E-state index contributed by atoms with van der Waals surface area (Å²) in [6.45, 7) is 7.72. The Balaban J connectivity index is 1.34. The zero-order valence-electron chi connectivity index (χ0n) is 22.3. The Labute approximate surface area is 224 Å². The number of nitrogens with zero attached hydrogens (tertiary/aromatic N) is 1. The van der Waals surface area contributed by atoms with E-state index in [0.717, 1.165) is 25.9 Å². The lowest BCUT2D eigenvalue weighted by atomic mass is 10.0. The second-order valence-corrected chi connectivity index (χ2v) is 12.8. The molecule has 0 aromatic heterocycles. The van der Waals surface area contributed by atoms with Gasteiger partial charge in [0.15, 0.2) is 9.84 Å². The molecule has 10 heteroatoms. The molecular formula is C28H37N3O6S. The second kappa shape index (κ2) is 11.8. The van der Waals surface area contributed by atoms with Crippen LogP contribution in [0.3, 0.4) is 0 Å². The Morgan fingerprint density at radius 1 is 1.08 bits per heavy atom. The average molecular weight is 544 g/mol. The monoisotopic (exact) mass is 543 g/mol. The van der Waals surface area contributed by atoms with Gasteiger partial charge in [0, 0.05) is 36.9 Å². The van der Waals surface area contributed by atoms with Crippen LogP contribution in [0.4, 0.5) is 5.69 Å². The van der Waals surface area contributed by atoms with E-state index in [9.17, 15) is 18.0 Å².